The average molecular weight is 981 g/mol. The molecule has 0 radical (unpaired) electrons. The molecule has 0 spiro atoms. The predicted octanol–water partition coefficient (Wildman–Crippen LogP) is 4.39. The van der Waals surface area contributed by atoms with E-state index >= 15 is 4.39 Å². The molecule has 2 aromatic rings. The summed E-state index contributed by atoms with van der Waals surface area (Å²) in [6, 6.07) is 8.65. The van der Waals surface area contributed by atoms with Gasteiger partial charge in [0.25, 0.3) is 0 Å². The zero-order valence-corrected chi connectivity index (χ0v) is 41.3. The predicted molar refractivity (Wildman–Crippen MR) is 243 cm³/mol. The van der Waals surface area contributed by atoms with E-state index in [0.717, 1.165) is 6.07 Å². The third-order valence-electron chi connectivity index (χ3n) is 15.5. The van der Waals surface area contributed by atoms with Crippen LogP contribution in [0.2, 0.25) is 0 Å². The quantitative estimate of drug-likeness (QED) is 0.161. The van der Waals surface area contributed by atoms with Gasteiger partial charge in [0.15, 0.2) is 18.0 Å². The van der Waals surface area contributed by atoms with Crippen molar-refractivity contribution in [3.05, 3.63) is 76.9 Å². The molecule has 4 heterocycles. The fraction of sp³-hybridized carbons (Fsp3) is 0.640. The molecule has 2 bridgehead atoms. The molecule has 6 aliphatic rings. The van der Waals surface area contributed by atoms with Gasteiger partial charge < -0.3 is 58.3 Å². The summed E-state index contributed by atoms with van der Waals surface area (Å²) in [5.74, 6) is -4.71. The molecule has 3 N–H and O–H groups in total. The molecule has 5 fully saturated rings. The van der Waals surface area contributed by atoms with Crippen LogP contribution in [0.5, 0.6) is 0 Å². The van der Waals surface area contributed by atoms with Crippen molar-refractivity contribution >= 4 is 30.1 Å². The molecule has 1 aromatic heterocycles. The zero-order valence-electron chi connectivity index (χ0n) is 41.3. The average Bonchev–Trinajstić information content (AvgIpc) is 3.69. The summed E-state index contributed by atoms with van der Waals surface area (Å²) in [6.07, 6.45) is -8.51. The Morgan fingerprint density at radius 3 is 2.36 bits per heavy atom. The van der Waals surface area contributed by atoms with Crippen LogP contribution in [0.4, 0.5) is 14.0 Å². The van der Waals surface area contributed by atoms with Crippen LogP contribution >= 0.6 is 0 Å². The highest BCUT2D eigenvalue weighted by molar-refractivity contribution is 5.89. The van der Waals surface area contributed by atoms with Crippen LogP contribution in [0.15, 0.2) is 59.8 Å². The van der Waals surface area contributed by atoms with Gasteiger partial charge in [0.05, 0.1) is 37.3 Å². The number of fused-ring (bicyclic) bond motifs is 8. The summed E-state index contributed by atoms with van der Waals surface area (Å²) in [6.45, 7) is 14.5. The van der Waals surface area contributed by atoms with Gasteiger partial charge in [-0.3, -0.25) is 14.7 Å². The second-order valence-electron chi connectivity index (χ2n) is 21.3. The molecule has 12 atom stereocenters. The largest absolute Gasteiger partial charge is 0.456 e. The number of halogens is 1. The normalized spacial score (nSPS) is 33.2. The number of methoxy groups -OCH3 is 1. The lowest BCUT2D eigenvalue weighted by Gasteiger charge is -2.68. The second-order valence-corrected chi connectivity index (χ2v) is 21.3. The van der Waals surface area contributed by atoms with Gasteiger partial charge in [0.1, 0.15) is 53.2 Å². The number of likely N-dealkylation sites (tertiary alicyclic amines) is 1. The van der Waals surface area contributed by atoms with Gasteiger partial charge in [0, 0.05) is 57.1 Å². The lowest BCUT2D eigenvalue weighted by Crippen LogP contribution is -2.79. The van der Waals surface area contributed by atoms with Crippen LogP contribution in [-0.4, -0.2) is 161 Å². The number of hydrogen-bond acceptors (Lipinski definition) is 17. The Kier molecular flexibility index (Phi) is 13.7. The zero-order chi connectivity index (χ0) is 50.9. The molecule has 0 unspecified atom stereocenters. The SMILES string of the molecule is COC(=O)N(C)C1CN(C[C@@H]2O[C@@H]3C4=C(C)[C@@H](OC(=O)[C@H](O)[C@@H](NC(=O)OC(C)(C)C)c5ncccc5F)C[C@@](O)([C@@H](OC(=O)c5ccccc5)[C@H]5[C@@](C)(CC[C@H]6OC[C@]65OC(C)=O)[C@@H]3O2)C4(C)C)C1. The molecular weight excluding hydrogens is 916 g/mol. The highest BCUT2D eigenvalue weighted by Crippen LogP contribution is 2.66. The van der Waals surface area contributed by atoms with Crippen LogP contribution < -0.4 is 5.32 Å². The Morgan fingerprint density at radius 2 is 1.74 bits per heavy atom. The second kappa shape index (κ2) is 18.7. The molecule has 3 saturated heterocycles. The van der Waals surface area contributed by atoms with Crippen molar-refractivity contribution in [2.45, 2.75) is 146 Å². The Morgan fingerprint density at radius 1 is 1.04 bits per heavy atom. The fourth-order valence-electron chi connectivity index (χ4n) is 11.9. The first-order valence-corrected chi connectivity index (χ1v) is 23.7. The highest BCUT2D eigenvalue weighted by Gasteiger charge is 2.77. The van der Waals surface area contributed by atoms with Crippen LogP contribution in [-0.2, 0) is 47.5 Å². The Labute approximate surface area is 406 Å². The minimum atomic E-state index is -2.28. The number of aromatic nitrogens is 1. The molecule has 1 aromatic carbocycles. The first kappa shape index (κ1) is 51.1. The van der Waals surface area contributed by atoms with Crippen molar-refractivity contribution in [1.29, 1.82) is 0 Å². The van der Waals surface area contributed by atoms with Gasteiger partial charge in [-0.1, -0.05) is 39.0 Å². The number of pyridine rings is 1. The number of esters is 3. The van der Waals surface area contributed by atoms with E-state index in [4.69, 9.17) is 37.9 Å². The number of amides is 2. The molecule has 382 valence electrons. The molecule has 70 heavy (non-hydrogen) atoms. The topological polar surface area (TPSA) is 231 Å². The highest BCUT2D eigenvalue weighted by atomic mass is 19.1. The minimum Gasteiger partial charge on any atom is -0.456 e. The number of aliphatic hydroxyl groups excluding tert-OH is 1. The van der Waals surface area contributed by atoms with Crippen molar-refractivity contribution in [1.82, 2.24) is 20.1 Å². The van der Waals surface area contributed by atoms with Crippen molar-refractivity contribution < 1.29 is 76.5 Å². The maximum absolute atomic E-state index is 15.4. The number of likely N-dealkylation sites (N-methyl/N-ethyl adjacent to an activating group) is 1. The number of nitrogens with zero attached hydrogens (tertiary/aromatic N) is 3. The number of alkyl carbamates (subject to hydrolysis) is 1. The van der Waals surface area contributed by atoms with Crippen LogP contribution in [0.25, 0.3) is 0 Å². The van der Waals surface area contributed by atoms with E-state index in [1.807, 2.05) is 6.92 Å². The van der Waals surface area contributed by atoms with E-state index in [-0.39, 0.29) is 24.8 Å². The van der Waals surface area contributed by atoms with Crippen LogP contribution in [0, 0.1) is 22.6 Å². The third kappa shape index (κ3) is 8.92. The number of hydrogen-bond donors (Lipinski definition) is 3. The number of carbonyl (C=O) groups excluding carboxylic acids is 5. The maximum Gasteiger partial charge on any atom is 0.409 e. The van der Waals surface area contributed by atoms with Gasteiger partial charge in [-0.05, 0) is 75.9 Å². The number of nitrogens with one attached hydrogen (secondary N) is 1. The molecule has 20 heteroatoms. The summed E-state index contributed by atoms with van der Waals surface area (Å²) >= 11 is 0. The van der Waals surface area contributed by atoms with Crippen molar-refractivity contribution in [3.8, 4) is 0 Å². The van der Waals surface area contributed by atoms with Gasteiger partial charge in [-0.25, -0.2) is 23.6 Å². The smallest absolute Gasteiger partial charge is 0.409 e. The molecule has 3 aliphatic heterocycles. The molecule has 3 aliphatic carbocycles. The molecule has 8 rings (SSSR count). The Hall–Kier alpha value is -5.25. The van der Waals surface area contributed by atoms with Gasteiger partial charge >= 0.3 is 30.1 Å². The van der Waals surface area contributed by atoms with E-state index in [0.29, 0.717) is 37.1 Å². The number of rotatable bonds is 11. The van der Waals surface area contributed by atoms with Gasteiger partial charge in [0.2, 0.25) is 0 Å². The van der Waals surface area contributed by atoms with E-state index < -0.39 is 131 Å². The lowest BCUT2D eigenvalue weighted by atomic mass is 9.45. The summed E-state index contributed by atoms with van der Waals surface area (Å²) in [4.78, 5) is 75.4. The molecule has 2 saturated carbocycles. The minimum absolute atomic E-state index is 0.0968. The van der Waals surface area contributed by atoms with Gasteiger partial charge in [-0.2, -0.15) is 0 Å². The first-order chi connectivity index (χ1) is 32.8. The van der Waals surface area contributed by atoms with Crippen molar-refractivity contribution in [3.63, 3.8) is 0 Å². The third-order valence-corrected chi connectivity index (χ3v) is 15.5. The summed E-state index contributed by atoms with van der Waals surface area (Å²) in [5.41, 5.74) is -6.53. The summed E-state index contributed by atoms with van der Waals surface area (Å²) < 4.78 is 65.2. The van der Waals surface area contributed by atoms with E-state index in [9.17, 15) is 34.2 Å². The maximum atomic E-state index is 15.4. The molecule has 19 nitrogen and oxygen atoms in total. The summed E-state index contributed by atoms with van der Waals surface area (Å²) in [5, 5.41) is 28.2. The summed E-state index contributed by atoms with van der Waals surface area (Å²) in [7, 11) is 2.98. The standard InChI is InChI=1S/C50H65FN4O15/c1-26-31(65-43(59)37(57)36(35-30(51)17-14-20-52-35)53-44(60)70-46(3,4)5)21-50(62)41(68-42(58)28-15-12-11-13-16-28)39-48(8,19-18-32-49(39,25-64-32)69-27(2)56)40-38(34(26)47(50,6)7)66-33(67-40)24-55-22-29(23-55)54(9)45(61)63-10/h11-17,20,29,31-33,36-41,57,62H,18-19,21-25H2,1-10H3,(H,53,60)/t31-,32+,33+,36-,37+,38+,39-,40+,41-,48+,49-,50+/m0/s1. The Bertz CT molecular complexity index is 2390. The number of benzene rings is 1. The monoisotopic (exact) mass is 980 g/mol. The first-order valence-electron chi connectivity index (χ1n) is 23.7. The van der Waals surface area contributed by atoms with Crippen molar-refractivity contribution in [2.24, 2.45) is 16.7 Å². The molecular formula is C50H65FN4O15. The number of aliphatic hydroxyl groups is 2. The Balaban J connectivity index is 1.24. The fourth-order valence-corrected chi connectivity index (χ4v) is 11.9. The lowest BCUT2D eigenvalue weighted by molar-refractivity contribution is -0.345. The van der Waals surface area contributed by atoms with E-state index in [1.165, 1.54) is 31.2 Å². The van der Waals surface area contributed by atoms with E-state index in [2.05, 4.69) is 15.2 Å². The van der Waals surface area contributed by atoms with Crippen molar-refractivity contribution in [2.75, 3.05) is 40.4 Å². The number of carbonyl (C=O) groups is 5. The van der Waals surface area contributed by atoms with Crippen LogP contribution in [0.1, 0.15) is 96.7 Å². The van der Waals surface area contributed by atoms with Crippen LogP contribution in [0.3, 0.4) is 0 Å². The number of ether oxygens (including phenoxy) is 8. The van der Waals surface area contributed by atoms with E-state index in [1.54, 1.807) is 78.9 Å². The van der Waals surface area contributed by atoms with Gasteiger partial charge in [-0.15, -0.1) is 0 Å². The molecule has 2 amide bonds.